The Kier molecular flexibility index (Phi) is 1.99. The van der Waals surface area contributed by atoms with Crippen LogP contribution in [0.4, 0.5) is 4.39 Å². The van der Waals surface area contributed by atoms with Crippen molar-refractivity contribution in [1.29, 1.82) is 0 Å². The lowest BCUT2D eigenvalue weighted by Gasteiger charge is -2.25. The molecule has 0 spiro atoms. The number of fused-ring (bicyclic) bond motifs is 1. The number of hydrogen-bond donors (Lipinski definition) is 1. The van der Waals surface area contributed by atoms with Gasteiger partial charge in [-0.2, -0.15) is 0 Å². The molecule has 0 radical (unpaired) electrons. The summed E-state index contributed by atoms with van der Waals surface area (Å²) in [5.74, 6) is -0.180. The first-order valence-corrected chi connectivity index (χ1v) is 5.44. The molecular formula is C13H13FN2. The van der Waals surface area contributed by atoms with Crippen LogP contribution in [0.1, 0.15) is 13.0 Å². The van der Waals surface area contributed by atoms with Gasteiger partial charge in [-0.3, -0.25) is 0 Å². The van der Waals surface area contributed by atoms with Crippen molar-refractivity contribution < 1.29 is 4.39 Å². The average molecular weight is 216 g/mol. The van der Waals surface area contributed by atoms with E-state index in [1.54, 1.807) is 6.07 Å². The van der Waals surface area contributed by atoms with Gasteiger partial charge in [0.25, 0.3) is 0 Å². The first-order chi connectivity index (χ1) is 7.75. The highest BCUT2D eigenvalue weighted by molar-refractivity contribution is 5.80. The van der Waals surface area contributed by atoms with E-state index in [2.05, 4.69) is 16.8 Å². The average Bonchev–Trinajstić information content (AvgIpc) is 2.57. The topological polar surface area (TPSA) is 17.0 Å². The maximum absolute atomic E-state index is 13.2. The monoisotopic (exact) mass is 216 g/mol. The highest BCUT2D eigenvalue weighted by Crippen LogP contribution is 2.26. The van der Waals surface area contributed by atoms with Crippen LogP contribution in [0.5, 0.6) is 0 Å². The molecule has 1 N–H and O–H groups in total. The highest BCUT2D eigenvalue weighted by atomic mass is 19.1. The Hall–Kier alpha value is -1.77. The van der Waals surface area contributed by atoms with E-state index in [-0.39, 0.29) is 5.82 Å². The van der Waals surface area contributed by atoms with Crippen molar-refractivity contribution in [3.63, 3.8) is 0 Å². The second-order valence-electron chi connectivity index (χ2n) is 4.20. The number of benzene rings is 1. The third kappa shape index (κ3) is 1.32. The molecule has 3 rings (SSSR count). The van der Waals surface area contributed by atoms with E-state index in [1.165, 1.54) is 11.6 Å². The van der Waals surface area contributed by atoms with Crippen molar-refractivity contribution in [3.05, 3.63) is 48.1 Å². The van der Waals surface area contributed by atoms with Gasteiger partial charge in [0.1, 0.15) is 5.82 Å². The fourth-order valence-electron chi connectivity index (χ4n) is 2.13. The largest absolute Gasteiger partial charge is 0.387 e. The van der Waals surface area contributed by atoms with Crippen molar-refractivity contribution in [2.75, 3.05) is 6.54 Å². The minimum atomic E-state index is -0.180. The Morgan fingerprint density at radius 3 is 2.88 bits per heavy atom. The van der Waals surface area contributed by atoms with E-state index in [1.807, 2.05) is 24.5 Å². The van der Waals surface area contributed by atoms with E-state index in [4.69, 9.17) is 0 Å². The SMILES string of the molecule is CC(C1=CNC1)n1ccc2ccc(F)cc21. The van der Waals surface area contributed by atoms with Crippen LogP contribution in [0, 0.1) is 5.82 Å². The molecule has 16 heavy (non-hydrogen) atoms. The van der Waals surface area contributed by atoms with Crippen molar-refractivity contribution >= 4 is 10.9 Å². The second kappa shape index (κ2) is 3.37. The van der Waals surface area contributed by atoms with Gasteiger partial charge in [0.15, 0.2) is 0 Å². The highest BCUT2D eigenvalue weighted by Gasteiger charge is 2.16. The number of aromatic nitrogens is 1. The summed E-state index contributed by atoms with van der Waals surface area (Å²) in [6.45, 7) is 3.06. The summed E-state index contributed by atoms with van der Waals surface area (Å²) in [5.41, 5.74) is 2.31. The summed E-state index contributed by atoms with van der Waals surface area (Å²) in [6, 6.07) is 7.24. The summed E-state index contributed by atoms with van der Waals surface area (Å²) in [7, 11) is 0. The molecule has 1 aromatic carbocycles. The Labute approximate surface area is 93.4 Å². The summed E-state index contributed by atoms with van der Waals surface area (Å²) in [6.07, 6.45) is 4.05. The lowest BCUT2D eigenvalue weighted by molar-refractivity contribution is 0.587. The molecule has 1 aliphatic heterocycles. The van der Waals surface area contributed by atoms with Crippen molar-refractivity contribution in [2.45, 2.75) is 13.0 Å². The first-order valence-electron chi connectivity index (χ1n) is 5.44. The molecule has 1 aliphatic rings. The second-order valence-corrected chi connectivity index (χ2v) is 4.20. The summed E-state index contributed by atoms with van der Waals surface area (Å²) in [5, 5.41) is 4.20. The quantitative estimate of drug-likeness (QED) is 0.816. The van der Waals surface area contributed by atoms with Crippen LogP contribution in [0.2, 0.25) is 0 Å². The van der Waals surface area contributed by atoms with Crippen molar-refractivity contribution in [1.82, 2.24) is 9.88 Å². The summed E-state index contributed by atoms with van der Waals surface area (Å²) in [4.78, 5) is 0. The molecule has 1 atom stereocenters. The lowest BCUT2D eigenvalue weighted by atomic mass is 10.1. The van der Waals surface area contributed by atoms with Crippen LogP contribution in [0.3, 0.4) is 0 Å². The third-order valence-corrected chi connectivity index (χ3v) is 3.23. The number of nitrogens with one attached hydrogen (secondary N) is 1. The van der Waals surface area contributed by atoms with E-state index >= 15 is 0 Å². The summed E-state index contributed by atoms with van der Waals surface area (Å²) < 4.78 is 15.3. The zero-order chi connectivity index (χ0) is 11.1. The molecule has 1 aromatic heterocycles. The lowest BCUT2D eigenvalue weighted by Crippen LogP contribution is -2.27. The molecule has 0 saturated heterocycles. The molecule has 3 heteroatoms. The Morgan fingerprint density at radius 1 is 1.38 bits per heavy atom. The molecule has 82 valence electrons. The molecule has 0 amide bonds. The predicted octanol–water partition coefficient (Wildman–Crippen LogP) is 2.83. The van der Waals surface area contributed by atoms with Crippen LogP contribution < -0.4 is 5.32 Å². The smallest absolute Gasteiger partial charge is 0.125 e. The predicted molar refractivity (Wildman–Crippen MR) is 62.7 cm³/mol. The Balaban J connectivity index is 2.12. The van der Waals surface area contributed by atoms with Gasteiger partial charge in [-0.05, 0) is 48.3 Å². The molecule has 0 bridgehead atoms. The molecule has 0 aliphatic carbocycles. The van der Waals surface area contributed by atoms with Gasteiger partial charge in [0.05, 0.1) is 11.6 Å². The van der Waals surface area contributed by atoms with Crippen LogP contribution in [-0.4, -0.2) is 11.1 Å². The van der Waals surface area contributed by atoms with Crippen LogP contribution in [-0.2, 0) is 0 Å². The maximum atomic E-state index is 13.2. The molecule has 0 saturated carbocycles. The van der Waals surface area contributed by atoms with Crippen LogP contribution in [0.25, 0.3) is 10.9 Å². The molecule has 2 nitrogen and oxygen atoms in total. The first kappa shape index (κ1) is 9.46. The van der Waals surface area contributed by atoms with Gasteiger partial charge >= 0.3 is 0 Å². The van der Waals surface area contributed by atoms with Crippen molar-refractivity contribution in [3.8, 4) is 0 Å². The molecule has 0 fully saturated rings. The molecule has 2 heterocycles. The minimum absolute atomic E-state index is 0.180. The zero-order valence-electron chi connectivity index (χ0n) is 9.07. The van der Waals surface area contributed by atoms with E-state index in [0.717, 1.165) is 17.4 Å². The minimum Gasteiger partial charge on any atom is -0.387 e. The van der Waals surface area contributed by atoms with Gasteiger partial charge in [-0.15, -0.1) is 0 Å². The molecule has 2 aromatic rings. The molecular weight excluding hydrogens is 203 g/mol. The van der Waals surface area contributed by atoms with Crippen LogP contribution in [0.15, 0.2) is 42.2 Å². The fourth-order valence-corrected chi connectivity index (χ4v) is 2.13. The van der Waals surface area contributed by atoms with Crippen LogP contribution >= 0.6 is 0 Å². The Morgan fingerprint density at radius 2 is 2.19 bits per heavy atom. The number of rotatable bonds is 2. The normalized spacial score (nSPS) is 16.5. The third-order valence-electron chi connectivity index (χ3n) is 3.23. The molecule has 1 unspecified atom stereocenters. The maximum Gasteiger partial charge on any atom is 0.125 e. The number of hydrogen-bond acceptors (Lipinski definition) is 1. The standard InChI is InChI=1S/C13H13FN2/c1-9(11-7-15-8-11)16-5-4-10-2-3-12(14)6-13(10)16/h2-7,9,15H,8H2,1H3. The van der Waals surface area contributed by atoms with Gasteiger partial charge < -0.3 is 9.88 Å². The summed E-state index contributed by atoms with van der Waals surface area (Å²) >= 11 is 0. The number of nitrogens with zero attached hydrogens (tertiary/aromatic N) is 1. The van der Waals surface area contributed by atoms with Gasteiger partial charge in [0, 0.05) is 12.7 Å². The van der Waals surface area contributed by atoms with Crippen molar-refractivity contribution in [2.24, 2.45) is 0 Å². The van der Waals surface area contributed by atoms with Gasteiger partial charge in [-0.25, -0.2) is 4.39 Å². The fraction of sp³-hybridized carbons (Fsp3) is 0.231. The Bertz CT molecular complexity index is 568. The van der Waals surface area contributed by atoms with E-state index in [9.17, 15) is 4.39 Å². The van der Waals surface area contributed by atoms with Gasteiger partial charge in [0.2, 0.25) is 0 Å². The van der Waals surface area contributed by atoms with E-state index < -0.39 is 0 Å². The zero-order valence-corrected chi connectivity index (χ0v) is 9.07. The van der Waals surface area contributed by atoms with E-state index in [0.29, 0.717) is 6.04 Å². The number of halogens is 1. The van der Waals surface area contributed by atoms with Gasteiger partial charge in [-0.1, -0.05) is 0 Å².